The van der Waals surface area contributed by atoms with Gasteiger partial charge in [0.1, 0.15) is 0 Å². The Morgan fingerprint density at radius 2 is 2.06 bits per heavy atom. The lowest BCUT2D eigenvalue weighted by atomic mass is 10.1. The molecular weight excluding hydrogens is 280 g/mol. The lowest BCUT2D eigenvalue weighted by Crippen LogP contribution is -2.11. The van der Waals surface area contributed by atoms with Crippen LogP contribution in [0.3, 0.4) is 0 Å². The van der Waals surface area contributed by atoms with Gasteiger partial charge in [-0.2, -0.15) is 5.10 Å². The maximum atomic E-state index is 10.2. The number of aromatic nitrogens is 2. The van der Waals surface area contributed by atoms with Crippen molar-refractivity contribution in [3.8, 4) is 0 Å². The van der Waals surface area contributed by atoms with E-state index < -0.39 is 6.10 Å². The first-order valence-corrected chi connectivity index (χ1v) is 6.31. The third-order valence-corrected chi connectivity index (χ3v) is 3.44. The highest BCUT2D eigenvalue weighted by molar-refractivity contribution is 9.10. The van der Waals surface area contributed by atoms with Crippen LogP contribution in [0.5, 0.6) is 0 Å². The lowest BCUT2D eigenvalue weighted by molar-refractivity contribution is 0.150. The molecule has 4 heteroatoms. The summed E-state index contributed by atoms with van der Waals surface area (Å²) in [7, 11) is 0. The Morgan fingerprint density at radius 3 is 2.65 bits per heavy atom. The second-order valence-corrected chi connectivity index (χ2v) is 5.00. The minimum absolute atomic E-state index is 0.474. The van der Waals surface area contributed by atoms with Gasteiger partial charge in [-0.3, -0.25) is 4.68 Å². The zero-order valence-electron chi connectivity index (χ0n) is 9.89. The fraction of sp³-hybridized carbons (Fsp3) is 0.308. The van der Waals surface area contributed by atoms with E-state index in [1.54, 1.807) is 0 Å². The largest absolute Gasteiger partial charge is 0.386 e. The lowest BCUT2D eigenvalue weighted by Gasteiger charge is -2.13. The number of rotatable bonds is 3. The van der Waals surface area contributed by atoms with Crippen LogP contribution in [0.2, 0.25) is 0 Å². The molecule has 0 aliphatic heterocycles. The Bertz CT molecular complexity index is 522. The average Bonchev–Trinajstić information content (AvgIpc) is 2.58. The summed E-state index contributed by atoms with van der Waals surface area (Å²) < 4.78 is 2.76. The van der Waals surface area contributed by atoms with Gasteiger partial charge in [0, 0.05) is 10.2 Å². The van der Waals surface area contributed by atoms with Crippen LogP contribution in [-0.2, 0) is 6.54 Å². The topological polar surface area (TPSA) is 38.0 Å². The number of hydrogen-bond donors (Lipinski definition) is 1. The summed E-state index contributed by atoms with van der Waals surface area (Å²) in [6.45, 7) is 4.42. The molecule has 2 aromatic rings. The van der Waals surface area contributed by atoms with Crippen LogP contribution in [0.4, 0.5) is 0 Å². The van der Waals surface area contributed by atoms with Gasteiger partial charge in [0.15, 0.2) is 0 Å². The molecule has 1 aromatic heterocycles. The van der Waals surface area contributed by atoms with E-state index in [-0.39, 0.29) is 0 Å². The van der Waals surface area contributed by atoms with Crippen LogP contribution < -0.4 is 0 Å². The third kappa shape index (κ3) is 2.76. The van der Waals surface area contributed by atoms with Gasteiger partial charge < -0.3 is 5.11 Å². The van der Waals surface area contributed by atoms with Gasteiger partial charge >= 0.3 is 0 Å². The second-order valence-electron chi connectivity index (χ2n) is 4.15. The molecule has 1 atom stereocenters. The molecule has 0 saturated carbocycles. The van der Waals surface area contributed by atoms with Crippen molar-refractivity contribution in [1.29, 1.82) is 0 Å². The van der Waals surface area contributed by atoms with Crippen LogP contribution in [0, 0.1) is 13.8 Å². The Kier molecular flexibility index (Phi) is 3.64. The summed E-state index contributed by atoms with van der Waals surface area (Å²) in [5, 5.41) is 14.5. The minimum Gasteiger partial charge on any atom is -0.386 e. The summed E-state index contributed by atoms with van der Waals surface area (Å²) in [4.78, 5) is 0. The van der Waals surface area contributed by atoms with Crippen molar-refractivity contribution >= 4 is 15.9 Å². The Hall–Kier alpha value is -1.13. The maximum Gasteiger partial charge on any atom is 0.0996 e. The first-order chi connectivity index (χ1) is 8.08. The Labute approximate surface area is 109 Å². The molecule has 0 radical (unpaired) electrons. The van der Waals surface area contributed by atoms with Gasteiger partial charge in [0.25, 0.3) is 0 Å². The maximum absolute atomic E-state index is 10.2. The normalized spacial score (nSPS) is 12.7. The van der Waals surface area contributed by atoms with E-state index in [4.69, 9.17) is 0 Å². The molecule has 0 aliphatic carbocycles. The van der Waals surface area contributed by atoms with Crippen LogP contribution in [-0.4, -0.2) is 14.9 Å². The number of aliphatic hydroxyl groups excluding tert-OH is 1. The molecule has 0 spiro atoms. The van der Waals surface area contributed by atoms with Gasteiger partial charge in [0.2, 0.25) is 0 Å². The predicted octanol–water partition coefficient (Wildman–Crippen LogP) is 3.00. The van der Waals surface area contributed by atoms with E-state index >= 15 is 0 Å². The van der Waals surface area contributed by atoms with Crippen LogP contribution >= 0.6 is 15.9 Å². The van der Waals surface area contributed by atoms with Crippen molar-refractivity contribution in [3.05, 3.63) is 51.8 Å². The Balaban J connectivity index is 2.20. The molecular formula is C13H15BrN2O. The van der Waals surface area contributed by atoms with E-state index in [0.717, 1.165) is 21.4 Å². The minimum atomic E-state index is -0.552. The van der Waals surface area contributed by atoms with Crippen molar-refractivity contribution in [1.82, 2.24) is 9.78 Å². The zero-order valence-corrected chi connectivity index (χ0v) is 11.5. The summed E-state index contributed by atoms with van der Waals surface area (Å²) >= 11 is 3.44. The molecule has 0 unspecified atom stereocenters. The van der Waals surface area contributed by atoms with Crippen molar-refractivity contribution in [2.75, 3.05) is 0 Å². The van der Waals surface area contributed by atoms with Gasteiger partial charge in [-0.05, 0) is 31.5 Å². The first kappa shape index (κ1) is 12.3. The Morgan fingerprint density at radius 1 is 1.35 bits per heavy atom. The fourth-order valence-electron chi connectivity index (χ4n) is 1.87. The average molecular weight is 295 g/mol. The van der Waals surface area contributed by atoms with E-state index in [1.807, 2.05) is 48.9 Å². The van der Waals surface area contributed by atoms with E-state index in [9.17, 15) is 5.11 Å². The predicted molar refractivity (Wildman–Crippen MR) is 70.8 cm³/mol. The van der Waals surface area contributed by atoms with Gasteiger partial charge in [0.05, 0.1) is 18.3 Å². The quantitative estimate of drug-likeness (QED) is 0.945. The summed E-state index contributed by atoms with van der Waals surface area (Å²) in [6.07, 6.45) is -0.552. The number of hydrogen-bond acceptors (Lipinski definition) is 2. The molecule has 0 fully saturated rings. The highest BCUT2D eigenvalue weighted by atomic mass is 79.9. The van der Waals surface area contributed by atoms with Crippen molar-refractivity contribution < 1.29 is 5.11 Å². The van der Waals surface area contributed by atoms with Gasteiger partial charge in [-0.15, -0.1) is 0 Å². The number of benzene rings is 1. The molecule has 3 nitrogen and oxygen atoms in total. The number of aliphatic hydroxyl groups is 1. The fourth-order valence-corrected chi connectivity index (χ4v) is 2.42. The van der Waals surface area contributed by atoms with Crippen LogP contribution in [0.25, 0.3) is 0 Å². The monoisotopic (exact) mass is 294 g/mol. The molecule has 0 amide bonds. The van der Waals surface area contributed by atoms with Crippen LogP contribution in [0.1, 0.15) is 23.1 Å². The molecule has 0 aliphatic rings. The van der Waals surface area contributed by atoms with Gasteiger partial charge in [-0.1, -0.05) is 34.1 Å². The molecule has 0 bridgehead atoms. The highest BCUT2D eigenvalue weighted by Gasteiger charge is 2.13. The molecule has 0 saturated heterocycles. The molecule has 17 heavy (non-hydrogen) atoms. The van der Waals surface area contributed by atoms with E-state index in [1.165, 1.54) is 0 Å². The smallest absolute Gasteiger partial charge is 0.0996 e. The molecule has 90 valence electrons. The summed E-state index contributed by atoms with van der Waals surface area (Å²) in [5.41, 5.74) is 2.93. The second kappa shape index (κ2) is 5.02. The van der Waals surface area contributed by atoms with E-state index in [2.05, 4.69) is 21.0 Å². The SMILES string of the molecule is Cc1cc(C)n(C[C@H](O)c2ccccc2Br)n1. The highest BCUT2D eigenvalue weighted by Crippen LogP contribution is 2.24. The van der Waals surface area contributed by atoms with E-state index in [0.29, 0.717) is 6.54 Å². The van der Waals surface area contributed by atoms with Crippen molar-refractivity contribution in [3.63, 3.8) is 0 Å². The standard InChI is InChI=1S/C13H15BrN2O/c1-9-7-10(2)16(15-9)8-13(17)11-5-3-4-6-12(11)14/h3-7,13,17H,8H2,1-2H3/t13-/m0/s1. The number of nitrogens with zero attached hydrogens (tertiary/aromatic N) is 2. The van der Waals surface area contributed by atoms with Crippen molar-refractivity contribution in [2.45, 2.75) is 26.5 Å². The third-order valence-electron chi connectivity index (χ3n) is 2.71. The van der Waals surface area contributed by atoms with Crippen LogP contribution in [0.15, 0.2) is 34.8 Å². The number of halogens is 1. The van der Waals surface area contributed by atoms with Crippen molar-refractivity contribution in [2.24, 2.45) is 0 Å². The molecule has 1 heterocycles. The van der Waals surface area contributed by atoms with Gasteiger partial charge in [-0.25, -0.2) is 0 Å². The first-order valence-electron chi connectivity index (χ1n) is 5.51. The summed E-state index contributed by atoms with van der Waals surface area (Å²) in [5.74, 6) is 0. The molecule has 2 rings (SSSR count). The molecule has 1 N–H and O–H groups in total. The molecule has 1 aromatic carbocycles. The zero-order chi connectivity index (χ0) is 12.4. The summed E-state index contributed by atoms with van der Waals surface area (Å²) in [6, 6.07) is 9.71. The number of aryl methyl sites for hydroxylation is 2.